The largest absolute Gasteiger partial charge is 0.444 e. The number of carbonyl (C=O) groups is 3. The van der Waals surface area contributed by atoms with Crippen LogP contribution in [0, 0.1) is 5.92 Å². The van der Waals surface area contributed by atoms with Crippen molar-refractivity contribution in [2.75, 3.05) is 34.8 Å². The number of nitrogens with two attached hydrogens (primary N) is 1. The van der Waals surface area contributed by atoms with Crippen molar-refractivity contribution in [2.45, 2.75) is 44.8 Å². The third-order valence-electron chi connectivity index (χ3n) is 7.09. The number of benzene rings is 2. The lowest BCUT2D eigenvalue weighted by Crippen LogP contribution is -2.40. The van der Waals surface area contributed by atoms with E-state index < -0.39 is 24.3 Å². The summed E-state index contributed by atoms with van der Waals surface area (Å²) in [6.45, 7) is 1.17. The lowest BCUT2D eigenvalue weighted by molar-refractivity contribution is -0.129. The molecule has 0 unspecified atom stereocenters. The number of aliphatic hydroxyl groups is 1. The first-order chi connectivity index (χ1) is 17.8. The van der Waals surface area contributed by atoms with E-state index in [1.54, 1.807) is 18.2 Å². The van der Waals surface area contributed by atoms with Gasteiger partial charge >= 0.3 is 0 Å². The maximum absolute atomic E-state index is 13.2. The molecule has 2 aromatic carbocycles. The minimum Gasteiger partial charge on any atom is -0.444 e. The number of hydrogen-bond donors (Lipinski definition) is 3. The van der Waals surface area contributed by atoms with Gasteiger partial charge in [0.15, 0.2) is 6.61 Å². The van der Waals surface area contributed by atoms with Crippen LogP contribution in [0.1, 0.15) is 42.4 Å². The molecule has 0 spiro atoms. The Balaban J connectivity index is 1.28. The number of amides is 3. The average Bonchev–Trinajstić information content (AvgIpc) is 3.64. The van der Waals surface area contributed by atoms with Crippen molar-refractivity contribution >= 4 is 40.6 Å². The second kappa shape index (κ2) is 10.3. The first-order valence-electron chi connectivity index (χ1n) is 12.6. The number of aliphatic hydroxyl groups excluding tert-OH is 1. The monoisotopic (exact) mass is 506 g/mol. The van der Waals surface area contributed by atoms with Crippen LogP contribution in [0.15, 0.2) is 41.4 Å². The quantitative estimate of drug-likeness (QED) is 0.434. The van der Waals surface area contributed by atoms with Crippen molar-refractivity contribution < 1.29 is 24.6 Å². The van der Waals surface area contributed by atoms with E-state index in [2.05, 4.69) is 10.3 Å². The van der Waals surface area contributed by atoms with Gasteiger partial charge < -0.3 is 31.1 Å². The van der Waals surface area contributed by atoms with Gasteiger partial charge in [0.05, 0.1) is 19.5 Å². The number of fused-ring (bicyclic) bond motifs is 2. The molecule has 1 saturated carbocycles. The molecular formula is C27H32N5O5+. The topological polar surface area (TPSA) is 151 Å². The van der Waals surface area contributed by atoms with Gasteiger partial charge in [-0.25, -0.2) is 0 Å². The Kier molecular flexibility index (Phi) is 6.94. The Morgan fingerprint density at radius 2 is 2.00 bits per heavy atom. The Morgan fingerprint density at radius 3 is 2.76 bits per heavy atom. The summed E-state index contributed by atoms with van der Waals surface area (Å²) < 4.78 is 0. The molecule has 0 aromatic heterocycles. The fourth-order valence-corrected chi connectivity index (χ4v) is 4.86. The summed E-state index contributed by atoms with van der Waals surface area (Å²) in [7, 11) is 0. The van der Waals surface area contributed by atoms with E-state index in [0.29, 0.717) is 49.1 Å². The molecule has 6 N–H and O–H groups in total. The molecule has 10 heteroatoms. The molecule has 5 rings (SSSR count). The van der Waals surface area contributed by atoms with Gasteiger partial charge in [0.25, 0.3) is 5.91 Å². The van der Waals surface area contributed by atoms with E-state index in [9.17, 15) is 19.5 Å². The second-order valence-corrected chi connectivity index (χ2v) is 9.84. The molecule has 1 atom stereocenters. The van der Waals surface area contributed by atoms with E-state index in [0.717, 1.165) is 35.2 Å². The summed E-state index contributed by atoms with van der Waals surface area (Å²) in [4.78, 5) is 45.9. The van der Waals surface area contributed by atoms with Gasteiger partial charge in [0.2, 0.25) is 11.8 Å². The summed E-state index contributed by atoms with van der Waals surface area (Å²) >= 11 is 0. The summed E-state index contributed by atoms with van der Waals surface area (Å²) in [6, 6.07) is 10.7. The smallest absolute Gasteiger partial charge is 0.253 e. The third kappa shape index (κ3) is 5.35. The number of aryl methyl sites for hydroxylation is 1. The van der Waals surface area contributed by atoms with Crippen molar-refractivity contribution in [3.63, 3.8) is 0 Å². The molecule has 2 aliphatic heterocycles. The zero-order chi connectivity index (χ0) is 26.1. The van der Waals surface area contributed by atoms with Crippen LogP contribution in [0.5, 0.6) is 0 Å². The summed E-state index contributed by atoms with van der Waals surface area (Å²) in [5, 5.41) is 20.9. The van der Waals surface area contributed by atoms with Gasteiger partial charge in [-0.3, -0.25) is 19.4 Å². The van der Waals surface area contributed by atoms with Crippen LogP contribution in [-0.2, 0) is 27.3 Å². The second-order valence-electron chi connectivity index (χ2n) is 9.84. The minimum absolute atomic E-state index is 0.0455. The van der Waals surface area contributed by atoms with E-state index in [4.69, 9.17) is 10.8 Å². The predicted molar refractivity (Wildman–Crippen MR) is 141 cm³/mol. The molecule has 37 heavy (non-hydrogen) atoms. The van der Waals surface area contributed by atoms with Crippen LogP contribution >= 0.6 is 0 Å². The van der Waals surface area contributed by atoms with Crippen molar-refractivity contribution in [3.05, 3.63) is 53.1 Å². The van der Waals surface area contributed by atoms with Gasteiger partial charge in [-0.2, -0.15) is 0 Å². The van der Waals surface area contributed by atoms with Gasteiger partial charge in [-0.15, -0.1) is 0 Å². The first kappa shape index (κ1) is 24.9. The molecule has 194 valence electrons. The third-order valence-corrected chi connectivity index (χ3v) is 7.09. The van der Waals surface area contributed by atoms with E-state index >= 15 is 0 Å². The molecular weight excluding hydrogens is 474 g/mol. The molecule has 2 aromatic rings. The van der Waals surface area contributed by atoms with Crippen LogP contribution in [0.4, 0.5) is 17.1 Å². The molecule has 1 fully saturated rings. The number of amidine groups is 1. The van der Waals surface area contributed by atoms with E-state index in [-0.39, 0.29) is 19.1 Å². The van der Waals surface area contributed by atoms with E-state index in [1.165, 1.54) is 4.90 Å². The lowest BCUT2D eigenvalue weighted by atomic mass is 9.99. The van der Waals surface area contributed by atoms with Crippen molar-refractivity contribution in [1.29, 1.82) is 0 Å². The molecule has 10 nitrogen and oxygen atoms in total. The fraction of sp³-hybridized carbons (Fsp3) is 0.407. The SMILES string of the molecule is NC1=NCc2cc(NC(=O)[C@H](O)CC(=O)N(CC[OH2+])c3ccc4c(c3)N(CC3CC3)C(=O)CC4)ccc21. The Hall–Kier alpha value is -3.76. The number of anilines is 3. The van der Waals surface area contributed by atoms with Crippen molar-refractivity contribution in [2.24, 2.45) is 16.6 Å². The Morgan fingerprint density at radius 1 is 1.19 bits per heavy atom. The average molecular weight is 507 g/mol. The fourth-order valence-electron chi connectivity index (χ4n) is 4.86. The molecule has 1 aliphatic carbocycles. The van der Waals surface area contributed by atoms with Gasteiger partial charge in [0, 0.05) is 35.6 Å². The minimum atomic E-state index is -1.57. The lowest BCUT2D eigenvalue weighted by Gasteiger charge is -2.31. The van der Waals surface area contributed by atoms with Crippen molar-refractivity contribution in [1.82, 2.24) is 0 Å². The number of aliphatic imine (C=N–C) groups is 1. The highest BCUT2D eigenvalue weighted by Crippen LogP contribution is 2.37. The number of carbonyl (C=O) groups excluding carboxylic acids is 3. The number of nitrogens with zero attached hydrogens (tertiary/aromatic N) is 3. The van der Waals surface area contributed by atoms with Crippen LogP contribution < -0.4 is 20.9 Å². The van der Waals surface area contributed by atoms with Gasteiger partial charge in [0.1, 0.15) is 11.9 Å². The van der Waals surface area contributed by atoms with Crippen LogP contribution in [-0.4, -0.2) is 59.6 Å². The summed E-state index contributed by atoms with van der Waals surface area (Å²) in [5.41, 5.74) is 10.4. The molecule has 0 radical (unpaired) electrons. The number of hydrogen-bond acceptors (Lipinski definition) is 6. The molecule has 0 bridgehead atoms. The standard InChI is InChI=1S/C27H31N5O5/c28-26-21-7-5-19(11-18(21)14-29-26)30-27(37)23(34)13-25(36)31(9-10-33)20-6-3-17-4-8-24(35)32(22(17)12-20)15-16-1-2-16/h3,5-7,11-12,16,23,33-34H,1-2,4,8-10,13-15H2,(H2,28,29)(H,30,37)/p+1/t23-/m1/s1. The number of nitrogens with one attached hydrogen (secondary N) is 1. The predicted octanol–water partition coefficient (Wildman–Crippen LogP) is 1.04. The Labute approximate surface area is 214 Å². The molecule has 3 amide bonds. The highest BCUT2D eigenvalue weighted by atomic mass is 16.3. The zero-order valence-electron chi connectivity index (χ0n) is 20.6. The Bertz CT molecular complexity index is 1270. The highest BCUT2D eigenvalue weighted by Gasteiger charge is 2.32. The van der Waals surface area contributed by atoms with Crippen molar-refractivity contribution in [3.8, 4) is 0 Å². The van der Waals surface area contributed by atoms with Gasteiger partial charge in [-0.1, -0.05) is 6.07 Å². The zero-order valence-corrected chi connectivity index (χ0v) is 20.6. The van der Waals surface area contributed by atoms with Crippen LogP contribution in [0.25, 0.3) is 0 Å². The first-order valence-corrected chi connectivity index (χ1v) is 12.6. The normalized spacial score (nSPS) is 17.1. The summed E-state index contributed by atoms with van der Waals surface area (Å²) in [6.07, 6.45) is 1.36. The highest BCUT2D eigenvalue weighted by molar-refractivity contribution is 6.03. The summed E-state index contributed by atoms with van der Waals surface area (Å²) in [5.74, 6) is -0.106. The maximum Gasteiger partial charge on any atom is 0.253 e. The molecule has 2 heterocycles. The van der Waals surface area contributed by atoms with Crippen LogP contribution in [0.3, 0.4) is 0 Å². The van der Waals surface area contributed by atoms with Crippen LogP contribution in [0.2, 0.25) is 0 Å². The molecule has 0 saturated heterocycles. The van der Waals surface area contributed by atoms with Gasteiger partial charge in [-0.05, 0) is 66.6 Å². The maximum atomic E-state index is 13.2. The number of rotatable bonds is 9. The molecule has 3 aliphatic rings. The van der Waals surface area contributed by atoms with E-state index in [1.807, 2.05) is 23.1 Å².